The molecule has 0 aliphatic rings. The molecule has 0 bridgehead atoms. The Morgan fingerprint density at radius 2 is 0.949 bits per heavy atom. The fraction of sp³-hybridized carbons (Fsp3) is 0. The molecule has 12 aromatic rings. The van der Waals surface area contributed by atoms with Gasteiger partial charge < -0.3 is 9.32 Å². The van der Waals surface area contributed by atoms with Gasteiger partial charge in [-0.25, -0.2) is 0 Å². The molecule has 0 radical (unpaired) electrons. The number of fused-ring (bicyclic) bond motifs is 9. The predicted molar refractivity (Wildman–Crippen MR) is 253 cm³/mol. The summed E-state index contributed by atoms with van der Waals surface area (Å²) in [5, 5.41) is 9.61. The van der Waals surface area contributed by atoms with Crippen LogP contribution in [0.3, 0.4) is 0 Å². The van der Waals surface area contributed by atoms with Gasteiger partial charge in [0.1, 0.15) is 11.2 Å². The molecular formula is C56H35NOS. The molecule has 2 aromatic heterocycles. The van der Waals surface area contributed by atoms with Gasteiger partial charge in [-0.15, -0.1) is 11.3 Å². The van der Waals surface area contributed by atoms with E-state index in [-0.39, 0.29) is 0 Å². The molecule has 0 aliphatic carbocycles. The Labute approximate surface area is 345 Å². The normalized spacial score (nSPS) is 11.7. The van der Waals surface area contributed by atoms with Crippen molar-refractivity contribution >= 4 is 92.1 Å². The highest BCUT2D eigenvalue weighted by Crippen LogP contribution is 2.51. The number of anilines is 3. The van der Waals surface area contributed by atoms with Crippen molar-refractivity contribution in [1.29, 1.82) is 0 Å². The Balaban J connectivity index is 1.14. The van der Waals surface area contributed by atoms with Crippen LogP contribution in [-0.2, 0) is 0 Å². The highest BCUT2D eigenvalue weighted by Gasteiger charge is 2.25. The van der Waals surface area contributed by atoms with Crippen molar-refractivity contribution in [2.45, 2.75) is 0 Å². The zero-order valence-corrected chi connectivity index (χ0v) is 32.8. The number of rotatable bonds is 6. The minimum atomic E-state index is 0.870. The number of thiophene rings is 1. The molecule has 10 aromatic carbocycles. The number of hydrogen-bond donors (Lipinski definition) is 0. The standard InChI is InChI=1S/C56H35NOS/c1-3-13-36(14-4-1)37-25-27-40(28-26-37)44-33-34-50(53-48-19-9-10-24-52(48)58-54(44)53)57(42-32-31-41-30-29-39-17-7-8-18-43(39)49(41)35-42)51-23-12-22-47-46-21-11-20-45(55(46)59-56(47)51)38-15-5-2-6-16-38/h1-35H. The Kier molecular flexibility index (Phi) is 7.75. The molecular weight excluding hydrogens is 735 g/mol. The number of benzene rings is 10. The maximum absolute atomic E-state index is 6.92. The monoisotopic (exact) mass is 769 g/mol. The van der Waals surface area contributed by atoms with Crippen LogP contribution < -0.4 is 4.90 Å². The van der Waals surface area contributed by atoms with E-state index in [2.05, 4.69) is 217 Å². The lowest BCUT2D eigenvalue weighted by Gasteiger charge is -2.27. The lowest BCUT2D eigenvalue weighted by molar-refractivity contribution is 0.670. The largest absolute Gasteiger partial charge is 0.455 e. The highest BCUT2D eigenvalue weighted by molar-refractivity contribution is 7.27. The summed E-state index contributed by atoms with van der Waals surface area (Å²) >= 11 is 1.88. The van der Waals surface area contributed by atoms with E-state index in [4.69, 9.17) is 4.42 Å². The van der Waals surface area contributed by atoms with Gasteiger partial charge in [0.2, 0.25) is 0 Å². The van der Waals surface area contributed by atoms with Crippen molar-refractivity contribution in [3.63, 3.8) is 0 Å². The molecule has 2 heterocycles. The third-order valence-corrected chi connectivity index (χ3v) is 13.1. The fourth-order valence-electron chi connectivity index (χ4n) is 9.06. The van der Waals surface area contributed by atoms with E-state index in [0.29, 0.717) is 0 Å². The number of furan rings is 1. The van der Waals surface area contributed by atoms with Crippen molar-refractivity contribution in [2.24, 2.45) is 0 Å². The number of para-hydroxylation sites is 1. The summed E-state index contributed by atoms with van der Waals surface area (Å²) < 4.78 is 9.45. The van der Waals surface area contributed by atoms with Gasteiger partial charge in [-0.2, -0.15) is 0 Å². The zero-order valence-electron chi connectivity index (χ0n) is 32.0. The lowest BCUT2D eigenvalue weighted by Crippen LogP contribution is -2.10. The second kappa shape index (κ2) is 13.6. The van der Waals surface area contributed by atoms with Crippen LogP contribution in [0.15, 0.2) is 217 Å². The first kappa shape index (κ1) is 33.7. The minimum Gasteiger partial charge on any atom is -0.455 e. The van der Waals surface area contributed by atoms with Crippen molar-refractivity contribution in [3.8, 4) is 33.4 Å². The molecule has 0 atom stereocenters. The van der Waals surface area contributed by atoms with Gasteiger partial charge >= 0.3 is 0 Å². The summed E-state index contributed by atoms with van der Waals surface area (Å²) in [6, 6.07) is 76.8. The Hall–Kier alpha value is -7.46. The van der Waals surface area contributed by atoms with E-state index in [1.165, 1.54) is 64.0 Å². The van der Waals surface area contributed by atoms with Crippen LogP contribution in [0.1, 0.15) is 0 Å². The summed E-state index contributed by atoms with van der Waals surface area (Å²) in [7, 11) is 0. The summed E-state index contributed by atoms with van der Waals surface area (Å²) in [4.78, 5) is 2.48. The molecule has 276 valence electrons. The van der Waals surface area contributed by atoms with Gasteiger partial charge in [0.05, 0.1) is 21.5 Å². The Morgan fingerprint density at radius 1 is 0.356 bits per heavy atom. The van der Waals surface area contributed by atoms with Gasteiger partial charge in [0, 0.05) is 32.1 Å². The molecule has 59 heavy (non-hydrogen) atoms. The molecule has 0 fully saturated rings. The van der Waals surface area contributed by atoms with E-state index >= 15 is 0 Å². The van der Waals surface area contributed by atoms with Crippen LogP contribution in [0.4, 0.5) is 17.1 Å². The first-order valence-corrected chi connectivity index (χ1v) is 20.9. The molecule has 0 spiro atoms. The predicted octanol–water partition coefficient (Wildman–Crippen LogP) is 16.7. The lowest BCUT2D eigenvalue weighted by atomic mass is 9.97. The van der Waals surface area contributed by atoms with Gasteiger partial charge in [-0.1, -0.05) is 176 Å². The molecule has 2 nitrogen and oxygen atoms in total. The van der Waals surface area contributed by atoms with Crippen LogP contribution >= 0.6 is 11.3 Å². The molecule has 0 saturated heterocycles. The summed E-state index contributed by atoms with van der Waals surface area (Å²) in [6.45, 7) is 0. The molecule has 0 saturated carbocycles. The highest BCUT2D eigenvalue weighted by atomic mass is 32.1. The van der Waals surface area contributed by atoms with E-state index in [0.717, 1.165) is 50.1 Å². The third kappa shape index (κ3) is 5.47. The smallest absolute Gasteiger partial charge is 0.145 e. The first-order chi connectivity index (χ1) is 29.3. The van der Waals surface area contributed by atoms with Crippen LogP contribution in [-0.4, -0.2) is 0 Å². The van der Waals surface area contributed by atoms with E-state index < -0.39 is 0 Å². The summed E-state index contributed by atoms with van der Waals surface area (Å²) in [6.07, 6.45) is 0. The zero-order chi connectivity index (χ0) is 38.9. The average molecular weight is 770 g/mol. The van der Waals surface area contributed by atoms with Gasteiger partial charge in [0.25, 0.3) is 0 Å². The van der Waals surface area contributed by atoms with E-state index in [1.54, 1.807) is 0 Å². The van der Waals surface area contributed by atoms with Crippen molar-refractivity contribution in [1.82, 2.24) is 0 Å². The number of hydrogen-bond acceptors (Lipinski definition) is 3. The van der Waals surface area contributed by atoms with Crippen molar-refractivity contribution in [3.05, 3.63) is 212 Å². The van der Waals surface area contributed by atoms with E-state index in [1.807, 2.05) is 11.3 Å². The van der Waals surface area contributed by atoms with Crippen molar-refractivity contribution < 1.29 is 4.42 Å². The molecule has 0 N–H and O–H groups in total. The van der Waals surface area contributed by atoms with Crippen LogP contribution in [0, 0.1) is 0 Å². The summed E-state index contributed by atoms with van der Waals surface area (Å²) in [5.74, 6) is 0. The quantitative estimate of drug-likeness (QED) is 0.157. The van der Waals surface area contributed by atoms with Crippen molar-refractivity contribution in [2.75, 3.05) is 4.90 Å². The third-order valence-electron chi connectivity index (χ3n) is 11.9. The minimum absolute atomic E-state index is 0.870. The second-order valence-corrected chi connectivity index (χ2v) is 16.2. The first-order valence-electron chi connectivity index (χ1n) is 20.1. The SMILES string of the molecule is c1ccc(-c2ccc(-c3ccc(N(c4ccc5ccc6ccccc6c5c4)c4cccc5c4sc4c(-c6ccccc6)cccc45)c4c3oc3ccccc34)cc2)cc1. The molecule has 0 unspecified atom stereocenters. The Bertz CT molecular complexity index is 3550. The summed E-state index contributed by atoms with van der Waals surface area (Å²) in [5.41, 5.74) is 12.1. The molecule has 3 heteroatoms. The Morgan fingerprint density at radius 3 is 1.76 bits per heavy atom. The van der Waals surface area contributed by atoms with Crippen LogP contribution in [0.2, 0.25) is 0 Å². The molecule has 0 amide bonds. The fourth-order valence-corrected chi connectivity index (χ4v) is 10.4. The van der Waals surface area contributed by atoms with Crippen LogP contribution in [0.25, 0.3) is 97.0 Å². The number of nitrogens with zero attached hydrogens (tertiary/aromatic N) is 1. The molecule has 0 aliphatic heterocycles. The maximum Gasteiger partial charge on any atom is 0.145 e. The molecule has 12 rings (SSSR count). The topological polar surface area (TPSA) is 16.4 Å². The maximum atomic E-state index is 6.92. The van der Waals surface area contributed by atoms with Gasteiger partial charge in [-0.05, 0) is 85.8 Å². The average Bonchev–Trinajstić information content (AvgIpc) is 3.90. The van der Waals surface area contributed by atoms with Crippen LogP contribution in [0.5, 0.6) is 0 Å². The van der Waals surface area contributed by atoms with E-state index in [9.17, 15) is 0 Å². The van der Waals surface area contributed by atoms with Gasteiger partial charge in [0.15, 0.2) is 0 Å². The van der Waals surface area contributed by atoms with Gasteiger partial charge in [-0.3, -0.25) is 0 Å². The second-order valence-electron chi connectivity index (χ2n) is 15.2.